The highest BCUT2D eigenvalue weighted by Gasteiger charge is 2.07. The Bertz CT molecular complexity index is 808. The smallest absolute Gasteiger partial charge is 0.315 e. The van der Waals surface area contributed by atoms with Crippen LogP contribution in [0.25, 0.3) is 0 Å². The van der Waals surface area contributed by atoms with Gasteiger partial charge in [-0.1, -0.05) is 30.3 Å². The molecule has 4 N–H and O–H groups in total. The number of rotatable bonds is 6. The SMILES string of the molecule is NS(=O)(=O)c1ccc(CCNC(=O)NCc2ccccc2F)cc1. The molecule has 0 fully saturated rings. The average molecular weight is 351 g/mol. The topological polar surface area (TPSA) is 101 Å². The first-order valence-corrected chi connectivity index (χ1v) is 8.78. The summed E-state index contributed by atoms with van der Waals surface area (Å²) >= 11 is 0. The van der Waals surface area contributed by atoms with Crippen molar-refractivity contribution < 1.29 is 17.6 Å². The third-order valence-electron chi connectivity index (χ3n) is 3.35. The lowest BCUT2D eigenvalue weighted by molar-refractivity contribution is 0.240. The van der Waals surface area contributed by atoms with Gasteiger partial charge in [0.2, 0.25) is 10.0 Å². The van der Waals surface area contributed by atoms with E-state index in [1.807, 2.05) is 0 Å². The molecule has 0 aliphatic rings. The Labute approximate surface area is 139 Å². The standard InChI is InChI=1S/C16H18FN3O3S/c17-15-4-2-1-3-13(15)11-20-16(21)19-10-9-12-5-7-14(8-6-12)24(18,22)23/h1-8H,9-11H2,(H2,18,22,23)(H2,19,20,21). The van der Waals surface area contributed by atoms with Crippen LogP contribution in [0.4, 0.5) is 9.18 Å². The summed E-state index contributed by atoms with van der Waals surface area (Å²) in [5, 5.41) is 10.2. The summed E-state index contributed by atoms with van der Waals surface area (Å²) in [5.41, 5.74) is 1.27. The van der Waals surface area contributed by atoms with Crippen LogP contribution in [-0.2, 0) is 23.0 Å². The van der Waals surface area contributed by atoms with E-state index < -0.39 is 16.1 Å². The number of nitrogens with two attached hydrogens (primary N) is 1. The fourth-order valence-corrected chi connectivity index (χ4v) is 2.56. The van der Waals surface area contributed by atoms with Gasteiger partial charge < -0.3 is 10.6 Å². The quantitative estimate of drug-likeness (QED) is 0.735. The van der Waals surface area contributed by atoms with Crippen molar-refractivity contribution in [1.82, 2.24) is 10.6 Å². The molecule has 2 amide bonds. The van der Waals surface area contributed by atoms with Gasteiger partial charge in [-0.25, -0.2) is 22.7 Å². The van der Waals surface area contributed by atoms with Gasteiger partial charge in [0.1, 0.15) is 5.82 Å². The second kappa shape index (κ2) is 7.89. The molecule has 0 heterocycles. The molecule has 0 aromatic heterocycles. The molecule has 0 saturated heterocycles. The number of hydrogen-bond acceptors (Lipinski definition) is 3. The number of carbonyl (C=O) groups excluding carboxylic acids is 1. The lowest BCUT2D eigenvalue weighted by Crippen LogP contribution is -2.36. The van der Waals surface area contributed by atoms with Crippen molar-refractivity contribution in [3.05, 3.63) is 65.5 Å². The van der Waals surface area contributed by atoms with Crippen LogP contribution in [0.5, 0.6) is 0 Å². The zero-order valence-corrected chi connectivity index (χ0v) is 13.6. The lowest BCUT2D eigenvalue weighted by atomic mass is 10.1. The van der Waals surface area contributed by atoms with Gasteiger partial charge in [-0.15, -0.1) is 0 Å². The first-order chi connectivity index (χ1) is 11.4. The number of nitrogens with one attached hydrogen (secondary N) is 2. The van der Waals surface area contributed by atoms with Gasteiger partial charge in [0.25, 0.3) is 0 Å². The molecule has 2 aromatic carbocycles. The summed E-state index contributed by atoms with van der Waals surface area (Å²) in [6, 6.07) is 11.9. The molecule has 6 nitrogen and oxygen atoms in total. The van der Waals surface area contributed by atoms with Crippen molar-refractivity contribution >= 4 is 16.1 Å². The number of halogens is 1. The number of amides is 2. The van der Waals surface area contributed by atoms with Gasteiger partial charge >= 0.3 is 6.03 Å². The maximum absolute atomic E-state index is 13.4. The van der Waals surface area contributed by atoms with Gasteiger partial charge in [0.15, 0.2) is 0 Å². The predicted molar refractivity (Wildman–Crippen MR) is 88.2 cm³/mol. The maximum atomic E-state index is 13.4. The Morgan fingerprint density at radius 2 is 1.71 bits per heavy atom. The molecule has 2 aromatic rings. The zero-order valence-electron chi connectivity index (χ0n) is 12.8. The molecule has 0 spiro atoms. The fourth-order valence-electron chi connectivity index (χ4n) is 2.05. The van der Waals surface area contributed by atoms with Crippen molar-refractivity contribution in [3.63, 3.8) is 0 Å². The van der Waals surface area contributed by atoms with E-state index >= 15 is 0 Å². The summed E-state index contributed by atoms with van der Waals surface area (Å²) in [7, 11) is -3.70. The number of primary sulfonamides is 1. The summed E-state index contributed by atoms with van der Waals surface area (Å²) in [4.78, 5) is 11.7. The maximum Gasteiger partial charge on any atom is 0.315 e. The third-order valence-corrected chi connectivity index (χ3v) is 4.28. The highest BCUT2D eigenvalue weighted by atomic mass is 32.2. The Balaban J connectivity index is 1.75. The number of hydrogen-bond donors (Lipinski definition) is 3. The number of urea groups is 1. The van der Waals surface area contributed by atoms with Gasteiger partial charge in [-0.05, 0) is 30.2 Å². The van der Waals surface area contributed by atoms with Gasteiger partial charge in [0, 0.05) is 18.7 Å². The average Bonchev–Trinajstić information content (AvgIpc) is 2.54. The number of carbonyl (C=O) groups is 1. The van der Waals surface area contributed by atoms with E-state index in [9.17, 15) is 17.6 Å². The Morgan fingerprint density at radius 1 is 1.04 bits per heavy atom. The molecular formula is C16H18FN3O3S. The Kier molecular flexibility index (Phi) is 5.88. The molecule has 0 atom stereocenters. The van der Waals surface area contributed by atoms with Crippen LogP contribution in [0.2, 0.25) is 0 Å². The largest absolute Gasteiger partial charge is 0.338 e. The first-order valence-electron chi connectivity index (χ1n) is 7.23. The van der Waals surface area contributed by atoms with E-state index in [1.54, 1.807) is 30.3 Å². The van der Waals surface area contributed by atoms with Crippen molar-refractivity contribution in [2.24, 2.45) is 5.14 Å². The normalized spacial score (nSPS) is 11.1. The molecule has 0 unspecified atom stereocenters. The molecule has 0 aliphatic carbocycles. The van der Waals surface area contributed by atoms with E-state index in [1.165, 1.54) is 18.2 Å². The molecule has 0 bridgehead atoms. The second-order valence-electron chi connectivity index (χ2n) is 5.14. The van der Waals surface area contributed by atoms with Crippen molar-refractivity contribution in [2.45, 2.75) is 17.9 Å². The van der Waals surface area contributed by atoms with E-state index in [0.29, 0.717) is 18.5 Å². The van der Waals surface area contributed by atoms with Crippen molar-refractivity contribution in [3.8, 4) is 0 Å². The first kappa shape index (κ1) is 17.9. The van der Waals surface area contributed by atoms with E-state index in [4.69, 9.17) is 5.14 Å². The Hall–Kier alpha value is -2.45. The number of benzene rings is 2. The van der Waals surface area contributed by atoms with Crippen LogP contribution in [-0.4, -0.2) is 21.0 Å². The van der Waals surface area contributed by atoms with Crippen LogP contribution in [0.1, 0.15) is 11.1 Å². The lowest BCUT2D eigenvalue weighted by Gasteiger charge is -2.08. The van der Waals surface area contributed by atoms with Crippen LogP contribution in [0, 0.1) is 5.82 Å². The fraction of sp³-hybridized carbons (Fsp3) is 0.188. The molecule has 8 heteroatoms. The van der Waals surface area contributed by atoms with E-state index in [-0.39, 0.29) is 17.3 Å². The van der Waals surface area contributed by atoms with E-state index in [0.717, 1.165) is 5.56 Å². The summed E-state index contributed by atoms with van der Waals surface area (Å²) in [5.74, 6) is -0.368. The predicted octanol–water partition coefficient (Wildman–Crippen LogP) is 1.51. The van der Waals surface area contributed by atoms with Gasteiger partial charge in [0.05, 0.1) is 4.90 Å². The molecule has 0 saturated carbocycles. The summed E-state index contributed by atoms with van der Waals surface area (Å²) in [6.45, 7) is 0.458. The highest BCUT2D eigenvalue weighted by Crippen LogP contribution is 2.09. The molecule has 2 rings (SSSR count). The Morgan fingerprint density at radius 3 is 2.33 bits per heavy atom. The molecule has 128 valence electrons. The minimum atomic E-state index is -3.70. The second-order valence-corrected chi connectivity index (χ2v) is 6.70. The van der Waals surface area contributed by atoms with Gasteiger partial charge in [-0.2, -0.15) is 0 Å². The van der Waals surface area contributed by atoms with Crippen LogP contribution in [0.3, 0.4) is 0 Å². The van der Waals surface area contributed by atoms with Gasteiger partial charge in [-0.3, -0.25) is 0 Å². The molecular weight excluding hydrogens is 333 g/mol. The molecule has 24 heavy (non-hydrogen) atoms. The minimum absolute atomic E-state index is 0.0434. The molecule has 0 aliphatic heterocycles. The number of sulfonamides is 1. The van der Waals surface area contributed by atoms with Crippen LogP contribution < -0.4 is 15.8 Å². The van der Waals surface area contributed by atoms with E-state index in [2.05, 4.69) is 10.6 Å². The summed E-state index contributed by atoms with van der Waals surface area (Å²) in [6.07, 6.45) is 0.526. The monoisotopic (exact) mass is 351 g/mol. The van der Waals surface area contributed by atoms with Crippen LogP contribution >= 0.6 is 0 Å². The minimum Gasteiger partial charge on any atom is -0.338 e. The van der Waals surface area contributed by atoms with Crippen molar-refractivity contribution in [2.75, 3.05) is 6.54 Å². The highest BCUT2D eigenvalue weighted by molar-refractivity contribution is 7.89. The zero-order chi connectivity index (χ0) is 17.6. The van der Waals surface area contributed by atoms with Crippen LogP contribution in [0.15, 0.2) is 53.4 Å². The van der Waals surface area contributed by atoms with Crippen molar-refractivity contribution in [1.29, 1.82) is 0 Å². The summed E-state index contributed by atoms with van der Waals surface area (Å²) < 4.78 is 35.7. The third kappa shape index (κ3) is 5.32. The molecule has 0 radical (unpaired) electrons.